The van der Waals surface area contributed by atoms with E-state index in [0.717, 1.165) is 12.2 Å². The fraction of sp³-hybridized carbons (Fsp3) is 0.318. The first-order valence-electron chi connectivity index (χ1n) is 17.7. The van der Waals surface area contributed by atoms with Gasteiger partial charge in [-0.25, -0.2) is 19.2 Å². The van der Waals surface area contributed by atoms with Crippen molar-refractivity contribution in [3.05, 3.63) is 144 Å². The van der Waals surface area contributed by atoms with Gasteiger partial charge in [-0.1, -0.05) is 96.2 Å². The summed E-state index contributed by atoms with van der Waals surface area (Å²) in [5, 5.41) is 0. The summed E-state index contributed by atoms with van der Waals surface area (Å²) in [5.41, 5.74) is 0.388. The van der Waals surface area contributed by atoms with Gasteiger partial charge >= 0.3 is 35.8 Å². The Morgan fingerprint density at radius 1 is 0.500 bits per heavy atom. The Bertz CT molecular complexity index is 1720. The second kappa shape index (κ2) is 22.8. The molecular weight excluding hydrogens is 720 g/mol. The molecule has 12 nitrogen and oxygen atoms in total. The highest BCUT2D eigenvalue weighted by atomic mass is 16.6. The van der Waals surface area contributed by atoms with Crippen LogP contribution in [0, 0.1) is 10.8 Å². The van der Waals surface area contributed by atoms with Crippen LogP contribution in [0.1, 0.15) is 62.3 Å². The van der Waals surface area contributed by atoms with Crippen molar-refractivity contribution in [1.29, 1.82) is 0 Å². The molecule has 0 heterocycles. The molecule has 0 spiro atoms. The zero-order valence-electron chi connectivity index (χ0n) is 32.8. The molecule has 0 bridgehead atoms. The van der Waals surface area contributed by atoms with Crippen LogP contribution in [-0.2, 0) is 47.6 Å². The second-order valence-corrected chi connectivity index (χ2v) is 12.8. The molecule has 0 aliphatic carbocycles. The van der Waals surface area contributed by atoms with Gasteiger partial charge in [0.2, 0.25) is 0 Å². The van der Waals surface area contributed by atoms with Crippen molar-refractivity contribution in [2.45, 2.75) is 41.5 Å². The van der Waals surface area contributed by atoms with E-state index in [0.29, 0.717) is 33.4 Å². The fourth-order valence-corrected chi connectivity index (χ4v) is 4.74. The summed E-state index contributed by atoms with van der Waals surface area (Å²) in [7, 11) is 0. The average molecular weight is 771 g/mol. The van der Waals surface area contributed by atoms with Gasteiger partial charge in [0.25, 0.3) is 0 Å². The van der Waals surface area contributed by atoms with Crippen LogP contribution in [0.2, 0.25) is 0 Å². The third-order valence-corrected chi connectivity index (χ3v) is 8.95. The van der Waals surface area contributed by atoms with Crippen molar-refractivity contribution < 1.29 is 57.2 Å². The Morgan fingerprint density at radius 3 is 1.12 bits per heavy atom. The molecule has 0 aliphatic heterocycles. The highest BCUT2D eigenvalue weighted by Crippen LogP contribution is 2.36. The fourth-order valence-electron chi connectivity index (χ4n) is 4.74. The lowest BCUT2D eigenvalue weighted by atomic mass is 9.77. The topological polar surface area (TPSA) is 158 Å². The van der Waals surface area contributed by atoms with Crippen LogP contribution in [0.25, 0.3) is 0 Å². The highest BCUT2D eigenvalue weighted by Gasteiger charge is 2.38. The van der Waals surface area contributed by atoms with E-state index in [1.807, 2.05) is 0 Å². The normalized spacial score (nSPS) is 13.8. The Hall–Kier alpha value is -6.30. The van der Waals surface area contributed by atoms with E-state index in [4.69, 9.17) is 28.4 Å². The van der Waals surface area contributed by atoms with Gasteiger partial charge in [0.1, 0.15) is 50.5 Å². The van der Waals surface area contributed by atoms with Crippen LogP contribution < -0.4 is 0 Å². The Labute approximate surface area is 328 Å². The lowest BCUT2D eigenvalue weighted by Gasteiger charge is -2.29. The van der Waals surface area contributed by atoms with E-state index in [9.17, 15) is 28.8 Å². The summed E-state index contributed by atoms with van der Waals surface area (Å²) in [6.45, 7) is 16.8. The summed E-state index contributed by atoms with van der Waals surface area (Å²) < 4.78 is 31.2. The number of esters is 6. The molecule has 56 heavy (non-hydrogen) atoms. The molecule has 2 unspecified atom stereocenters. The number of carbonyl (C=O) groups excluding carboxylic acids is 6. The van der Waals surface area contributed by atoms with Gasteiger partial charge in [0.05, 0.1) is 11.1 Å². The summed E-state index contributed by atoms with van der Waals surface area (Å²) >= 11 is 0. The van der Waals surface area contributed by atoms with Crippen LogP contribution in [-0.4, -0.2) is 75.5 Å². The summed E-state index contributed by atoms with van der Waals surface area (Å²) in [4.78, 5) is 74.7. The molecule has 2 aromatic carbocycles. The van der Waals surface area contributed by atoms with Crippen LogP contribution in [0.4, 0.5) is 0 Å². The van der Waals surface area contributed by atoms with E-state index in [1.54, 1.807) is 114 Å². The van der Waals surface area contributed by atoms with E-state index < -0.39 is 46.6 Å². The quantitative estimate of drug-likeness (QED) is 0.0319. The second-order valence-electron chi connectivity index (χ2n) is 12.8. The van der Waals surface area contributed by atoms with E-state index in [1.165, 1.54) is 12.2 Å². The van der Waals surface area contributed by atoms with E-state index >= 15 is 0 Å². The monoisotopic (exact) mass is 770 g/mol. The molecule has 2 atom stereocenters. The molecule has 0 saturated heterocycles. The Balaban J connectivity index is 1.79. The molecule has 0 aliphatic rings. The number of hydrogen-bond acceptors (Lipinski definition) is 12. The van der Waals surface area contributed by atoms with Crippen LogP contribution in [0.3, 0.4) is 0 Å². The van der Waals surface area contributed by atoms with Gasteiger partial charge in [-0.2, -0.15) is 0 Å². The molecule has 0 radical (unpaired) electrons. The minimum atomic E-state index is -1.22. The zero-order chi connectivity index (χ0) is 41.7. The number of hydrogen-bond donors (Lipinski definition) is 0. The van der Waals surface area contributed by atoms with E-state index in [2.05, 4.69) is 13.2 Å². The number of ether oxygens (including phenoxy) is 6. The lowest BCUT2D eigenvalue weighted by Crippen LogP contribution is -2.33. The van der Waals surface area contributed by atoms with Crippen molar-refractivity contribution in [2.75, 3.05) is 39.6 Å². The van der Waals surface area contributed by atoms with Crippen molar-refractivity contribution in [1.82, 2.24) is 0 Å². The zero-order valence-corrected chi connectivity index (χ0v) is 32.8. The molecule has 0 saturated carbocycles. The molecule has 2 aromatic rings. The van der Waals surface area contributed by atoms with Gasteiger partial charge in [0, 0.05) is 12.2 Å². The van der Waals surface area contributed by atoms with Crippen LogP contribution in [0.15, 0.2) is 133 Å². The summed E-state index contributed by atoms with van der Waals surface area (Å²) in [5.74, 6) is -3.69. The van der Waals surface area contributed by atoms with Gasteiger partial charge in [-0.3, -0.25) is 9.59 Å². The first-order chi connectivity index (χ1) is 26.5. The lowest BCUT2D eigenvalue weighted by molar-refractivity contribution is -0.152. The smallest absolute Gasteiger partial charge is 0.338 e. The van der Waals surface area contributed by atoms with Gasteiger partial charge in [-0.15, -0.1) is 0 Å². The number of rotatable bonds is 21. The van der Waals surface area contributed by atoms with Gasteiger partial charge in [-0.05, 0) is 65.8 Å². The standard InChI is InChI=1S/C44H50O12/c1-31(2)43(7,41(49)55-29-27-53-39(47)35-19-11-9-12-20-35)33(5)17-15-23-37(45)51-25-26-52-38(46)24-16-18-34(6)44(8,32(3)4)42(50)56-30-28-54-40(48)36-21-13-10-14-22-36/h9-24H,1,3,25-30H2,2,4-8H3/b23-15+,24-16+,33-17+,34-18+. The summed E-state index contributed by atoms with van der Waals surface area (Å²) in [6, 6.07) is 16.9. The molecule has 0 fully saturated rings. The molecule has 298 valence electrons. The predicted molar refractivity (Wildman–Crippen MR) is 209 cm³/mol. The average Bonchev–Trinajstić information content (AvgIpc) is 3.18. The van der Waals surface area contributed by atoms with Gasteiger partial charge in [0.15, 0.2) is 0 Å². The van der Waals surface area contributed by atoms with Gasteiger partial charge < -0.3 is 28.4 Å². The van der Waals surface area contributed by atoms with Crippen molar-refractivity contribution in [2.24, 2.45) is 10.8 Å². The van der Waals surface area contributed by atoms with Crippen molar-refractivity contribution in [3.8, 4) is 0 Å². The predicted octanol–water partition coefficient (Wildman–Crippen LogP) is 7.04. The number of allylic oxidation sites excluding steroid dienone is 4. The molecule has 0 N–H and O–H groups in total. The Morgan fingerprint density at radius 2 is 0.804 bits per heavy atom. The minimum Gasteiger partial charge on any atom is -0.461 e. The molecule has 2 rings (SSSR count). The number of benzene rings is 2. The summed E-state index contributed by atoms with van der Waals surface area (Å²) in [6.07, 6.45) is 8.21. The highest BCUT2D eigenvalue weighted by molar-refractivity contribution is 5.90. The molecule has 0 aromatic heterocycles. The van der Waals surface area contributed by atoms with Crippen molar-refractivity contribution in [3.63, 3.8) is 0 Å². The SMILES string of the molecule is C=C(C)C(C)(C(=O)OCCOC(=O)c1ccccc1)/C(C)=C/C=C/C(=O)OCCOC(=O)/C=C/C=C(\C)C(C)(C(=C)C)C(=O)OCCOC(=O)c1ccccc1. The molecular formula is C44H50O12. The third-order valence-electron chi connectivity index (χ3n) is 8.95. The first-order valence-corrected chi connectivity index (χ1v) is 17.7. The minimum absolute atomic E-state index is 0.130. The van der Waals surface area contributed by atoms with E-state index in [-0.39, 0.29) is 39.6 Å². The van der Waals surface area contributed by atoms with Crippen molar-refractivity contribution >= 4 is 35.8 Å². The maximum absolute atomic E-state index is 13.0. The Kier molecular flexibility index (Phi) is 18.7. The maximum atomic E-state index is 13.0. The first kappa shape index (κ1) is 45.9. The molecule has 12 heteroatoms. The molecule has 0 amide bonds. The van der Waals surface area contributed by atoms with Crippen LogP contribution >= 0.6 is 0 Å². The maximum Gasteiger partial charge on any atom is 0.338 e. The third kappa shape index (κ3) is 13.8. The number of carbonyl (C=O) groups is 6. The van der Waals surface area contributed by atoms with Crippen LogP contribution in [0.5, 0.6) is 0 Å². The largest absolute Gasteiger partial charge is 0.461 e.